The summed E-state index contributed by atoms with van der Waals surface area (Å²) < 4.78 is 11.5. The number of aryl methyl sites for hydroxylation is 2. The summed E-state index contributed by atoms with van der Waals surface area (Å²) in [4.78, 5) is 45.9. The molecule has 0 radical (unpaired) electrons. The van der Waals surface area contributed by atoms with E-state index in [2.05, 4.69) is 15.6 Å². The van der Waals surface area contributed by atoms with Crippen molar-refractivity contribution in [1.29, 1.82) is 0 Å². The van der Waals surface area contributed by atoms with Crippen molar-refractivity contribution < 1.29 is 33.4 Å². The summed E-state index contributed by atoms with van der Waals surface area (Å²) in [5.41, 5.74) is 3.06. The first-order valence-electron chi connectivity index (χ1n) is 13.5. The molecule has 2 heterocycles. The molecule has 0 aliphatic carbocycles. The highest BCUT2D eigenvalue weighted by Crippen LogP contribution is 2.30. The van der Waals surface area contributed by atoms with E-state index in [1.807, 2.05) is 19.1 Å². The predicted molar refractivity (Wildman–Crippen MR) is 162 cm³/mol. The molecule has 1 N–H and O–H groups in total. The third-order valence-corrected chi connectivity index (χ3v) is 7.43. The molecule has 1 atom stereocenters. The van der Waals surface area contributed by atoms with Crippen molar-refractivity contribution >= 4 is 58.3 Å². The normalized spacial score (nSPS) is 15.1. The first-order chi connectivity index (χ1) is 21.2. The summed E-state index contributed by atoms with van der Waals surface area (Å²) in [6.07, 6.45) is -0.246. The van der Waals surface area contributed by atoms with Gasteiger partial charge in [-0.05, 0) is 71.7 Å². The number of rotatable bonds is 9. The maximum Gasteiger partial charge on any atom is 0.337 e. The van der Waals surface area contributed by atoms with E-state index in [9.17, 15) is 19.5 Å². The number of amides is 2. The van der Waals surface area contributed by atoms with Gasteiger partial charge in [0, 0.05) is 5.69 Å². The summed E-state index contributed by atoms with van der Waals surface area (Å²) in [6, 6.07) is 21.0. The molecule has 1 fully saturated rings. The topological polar surface area (TPSA) is 144 Å². The molecule has 13 heteroatoms. The highest BCUT2D eigenvalue weighted by atomic mass is 32.1. The summed E-state index contributed by atoms with van der Waals surface area (Å²) >= 11 is 5.79. The van der Waals surface area contributed by atoms with E-state index in [0.29, 0.717) is 28.2 Å². The fourth-order valence-electron chi connectivity index (χ4n) is 4.63. The van der Waals surface area contributed by atoms with Crippen LogP contribution >= 0.6 is 12.2 Å². The van der Waals surface area contributed by atoms with Gasteiger partial charge in [0.2, 0.25) is 11.2 Å². The quantitative estimate of drug-likeness (QED) is 0.0991. The van der Waals surface area contributed by atoms with Crippen molar-refractivity contribution in [3.8, 4) is 0 Å². The zero-order valence-electron chi connectivity index (χ0n) is 24.1. The summed E-state index contributed by atoms with van der Waals surface area (Å²) in [7, 11) is 2.90. The Kier molecular flexibility index (Phi) is 8.76. The summed E-state index contributed by atoms with van der Waals surface area (Å²) in [5.74, 6) is -1.92. The van der Waals surface area contributed by atoms with Crippen LogP contribution in [0.1, 0.15) is 33.6 Å². The van der Waals surface area contributed by atoms with Crippen LogP contribution in [0.3, 0.4) is 0 Å². The van der Waals surface area contributed by atoms with E-state index in [4.69, 9.17) is 21.5 Å². The average Bonchev–Trinajstić information content (AvgIpc) is 3.48. The van der Waals surface area contributed by atoms with E-state index in [0.717, 1.165) is 5.56 Å². The molecule has 1 aliphatic rings. The number of methoxy groups -OCH3 is 1. The third kappa shape index (κ3) is 6.32. The summed E-state index contributed by atoms with van der Waals surface area (Å²) in [5, 5.41) is 19.7. The second-order valence-corrected chi connectivity index (χ2v) is 10.4. The molecule has 12 nitrogen and oxygen atoms in total. The molecular weight excluding hydrogens is 584 g/mol. The highest BCUT2D eigenvalue weighted by molar-refractivity contribution is 7.80. The monoisotopic (exact) mass is 612 g/mol. The van der Waals surface area contributed by atoms with Gasteiger partial charge in [-0.25, -0.2) is 9.79 Å². The van der Waals surface area contributed by atoms with Crippen molar-refractivity contribution in [1.82, 2.24) is 10.2 Å². The lowest BCUT2D eigenvalue weighted by Crippen LogP contribution is -2.42. The van der Waals surface area contributed by atoms with Gasteiger partial charge in [-0.3, -0.25) is 19.0 Å². The molecule has 0 bridgehead atoms. The minimum Gasteiger partial charge on any atom is -0.858 e. The van der Waals surface area contributed by atoms with Crippen LogP contribution in [0, 0.1) is 6.92 Å². The number of nitrogens with one attached hydrogen (secondary N) is 1. The molecule has 1 unspecified atom stereocenters. The van der Waals surface area contributed by atoms with Crippen LogP contribution in [0.5, 0.6) is 0 Å². The zero-order valence-corrected chi connectivity index (χ0v) is 24.9. The standard InChI is InChI=1S/C31H28N6O6S/c1-19-9-15-23(16-10-19)37-29(40)24(17-26(38)32-22-13-11-21(12-14-22)30(41)42-3)36(31(37)44)18-25-28(43-34-35(25)2)33-27(39)20-7-5-4-6-8-20/h4-16,24H,17-18H2,1-3H3,(H-,32,33,34,38,39,41). The number of benzene rings is 3. The maximum absolute atomic E-state index is 13.9. The molecule has 224 valence electrons. The largest absolute Gasteiger partial charge is 0.858 e. The molecule has 3 aromatic carbocycles. The third-order valence-electron chi connectivity index (χ3n) is 7.01. The number of aliphatic imine (C=N–C) groups is 1. The Hall–Kier alpha value is -5.43. The average molecular weight is 613 g/mol. The van der Waals surface area contributed by atoms with Crippen molar-refractivity contribution in [2.24, 2.45) is 12.0 Å². The second kappa shape index (κ2) is 12.8. The number of nitrogens with zero attached hydrogens (tertiary/aromatic N) is 5. The van der Waals surface area contributed by atoms with Crippen LogP contribution in [0.15, 0.2) is 88.4 Å². The van der Waals surface area contributed by atoms with Crippen LogP contribution in [-0.4, -0.2) is 52.1 Å². The number of anilines is 2. The van der Waals surface area contributed by atoms with Gasteiger partial charge in [0.1, 0.15) is 12.6 Å². The molecule has 5 rings (SSSR count). The van der Waals surface area contributed by atoms with E-state index in [1.165, 1.54) is 28.8 Å². The van der Waals surface area contributed by atoms with E-state index >= 15 is 0 Å². The Bertz CT molecular complexity index is 1740. The Labute approximate surface area is 258 Å². The Morgan fingerprint density at radius 1 is 1.07 bits per heavy atom. The number of hydrogen-bond donors (Lipinski definition) is 1. The fraction of sp³-hybridized carbons (Fsp3) is 0.194. The Morgan fingerprint density at radius 2 is 1.75 bits per heavy atom. The number of hydrogen-bond acceptors (Lipinski definition) is 9. The van der Waals surface area contributed by atoms with Gasteiger partial charge in [0.05, 0.1) is 24.8 Å². The number of esters is 1. The predicted octanol–water partition coefficient (Wildman–Crippen LogP) is 2.56. The smallest absolute Gasteiger partial charge is 0.337 e. The number of aromatic nitrogens is 2. The van der Waals surface area contributed by atoms with E-state index < -0.39 is 29.7 Å². The molecule has 4 aromatic rings. The fourth-order valence-corrected chi connectivity index (χ4v) is 5.02. The van der Waals surface area contributed by atoms with Crippen LogP contribution in [0.2, 0.25) is 0 Å². The number of ether oxygens (including phenoxy) is 1. The number of carbonyl (C=O) groups excluding carboxylic acids is 3. The van der Waals surface area contributed by atoms with Gasteiger partial charge in [-0.2, -0.15) is 0 Å². The van der Waals surface area contributed by atoms with Gasteiger partial charge >= 0.3 is 11.9 Å². The lowest BCUT2D eigenvalue weighted by atomic mass is 10.1. The summed E-state index contributed by atoms with van der Waals surface area (Å²) in [6.45, 7) is 1.90. The van der Waals surface area contributed by atoms with Gasteiger partial charge in [0.15, 0.2) is 12.2 Å². The second-order valence-electron chi connectivity index (χ2n) is 9.99. The van der Waals surface area contributed by atoms with Gasteiger partial charge in [0.25, 0.3) is 11.6 Å². The SMILES string of the molecule is COC(=O)c1ccc(NC(=O)CC2C(=O)N(c3ccc(C)cc3)C(=S)N2Cc2c(/N=C(\[O-])c3ccccc3)on[n+]2C)cc1. The number of carbonyl (C=O) groups is 3. The molecule has 2 amide bonds. The molecule has 0 spiro atoms. The van der Waals surface area contributed by atoms with Crippen molar-refractivity contribution in [3.05, 3.63) is 101 Å². The van der Waals surface area contributed by atoms with Crippen molar-refractivity contribution in [2.75, 3.05) is 17.3 Å². The van der Waals surface area contributed by atoms with Crippen LogP contribution in [0.4, 0.5) is 17.3 Å². The lowest BCUT2D eigenvalue weighted by Gasteiger charge is -2.22. The minimum absolute atomic E-state index is 0.0282. The van der Waals surface area contributed by atoms with Crippen molar-refractivity contribution in [2.45, 2.75) is 25.9 Å². The number of thiocarbonyl (C=S) groups is 1. The minimum atomic E-state index is -0.995. The van der Waals surface area contributed by atoms with Crippen LogP contribution in [-0.2, 0) is 27.9 Å². The zero-order chi connectivity index (χ0) is 31.4. The van der Waals surface area contributed by atoms with Gasteiger partial charge in [-0.15, -0.1) is 0 Å². The molecular formula is C31H28N6O6S. The van der Waals surface area contributed by atoms with E-state index in [-0.39, 0.29) is 24.0 Å². The Balaban J connectivity index is 1.43. The first kappa shape index (κ1) is 30.0. The molecule has 1 aliphatic heterocycles. The van der Waals surface area contributed by atoms with E-state index in [1.54, 1.807) is 66.5 Å². The van der Waals surface area contributed by atoms with Crippen LogP contribution < -0.4 is 20.0 Å². The van der Waals surface area contributed by atoms with Crippen molar-refractivity contribution in [3.63, 3.8) is 0 Å². The molecule has 44 heavy (non-hydrogen) atoms. The first-order valence-corrected chi connectivity index (χ1v) is 13.9. The van der Waals surface area contributed by atoms with Gasteiger partial charge < -0.3 is 20.1 Å². The Morgan fingerprint density at radius 3 is 2.41 bits per heavy atom. The highest BCUT2D eigenvalue weighted by Gasteiger charge is 2.46. The maximum atomic E-state index is 13.9. The van der Waals surface area contributed by atoms with Gasteiger partial charge in [-0.1, -0.05) is 48.0 Å². The van der Waals surface area contributed by atoms with Crippen LogP contribution in [0.25, 0.3) is 0 Å². The molecule has 1 aromatic heterocycles. The molecule has 0 saturated carbocycles. The molecule has 1 saturated heterocycles. The lowest BCUT2D eigenvalue weighted by molar-refractivity contribution is -0.746.